The van der Waals surface area contributed by atoms with E-state index < -0.39 is 5.91 Å². The van der Waals surface area contributed by atoms with Gasteiger partial charge >= 0.3 is 0 Å². The number of aromatic nitrogens is 3. The maximum Gasteiger partial charge on any atom is 0.248 e. The van der Waals surface area contributed by atoms with E-state index in [0.717, 1.165) is 22.2 Å². The molecule has 0 aliphatic rings. The van der Waals surface area contributed by atoms with Gasteiger partial charge < -0.3 is 19.9 Å². The molecule has 0 spiro atoms. The topological polar surface area (TPSA) is 107 Å². The summed E-state index contributed by atoms with van der Waals surface area (Å²) in [5.41, 5.74) is 11.5. The number of carbonyl (C=O) groups is 1. The highest BCUT2D eigenvalue weighted by atomic mass is 16.5. The Kier molecular flexibility index (Phi) is 3.80. The number of imidazole rings is 1. The molecule has 0 saturated heterocycles. The molecule has 0 aliphatic carbocycles. The van der Waals surface area contributed by atoms with Crippen LogP contribution >= 0.6 is 0 Å². The van der Waals surface area contributed by atoms with Crippen LogP contribution in [0.25, 0.3) is 44.6 Å². The Morgan fingerprint density at radius 2 is 1.93 bits per heavy atom. The first-order valence-corrected chi connectivity index (χ1v) is 8.94. The maximum absolute atomic E-state index is 11.6. The summed E-state index contributed by atoms with van der Waals surface area (Å²) in [7, 11) is 1.56. The number of amides is 1. The van der Waals surface area contributed by atoms with E-state index >= 15 is 0 Å². The SMILES string of the molecule is COc1ccc(C(N)=O)cc1-c1cc2nccc(-c3ccc4[nH]cnc4c3)c2o1. The summed E-state index contributed by atoms with van der Waals surface area (Å²) < 4.78 is 11.6. The van der Waals surface area contributed by atoms with E-state index in [1.165, 1.54) is 0 Å². The number of ether oxygens (including phenoxy) is 1. The van der Waals surface area contributed by atoms with Gasteiger partial charge in [0.1, 0.15) is 17.0 Å². The molecule has 7 heteroatoms. The lowest BCUT2D eigenvalue weighted by Crippen LogP contribution is -2.10. The average Bonchev–Trinajstić information content (AvgIpc) is 3.39. The molecule has 1 amide bonds. The highest BCUT2D eigenvalue weighted by Crippen LogP contribution is 2.37. The molecule has 0 fully saturated rings. The summed E-state index contributed by atoms with van der Waals surface area (Å²) in [6, 6.07) is 14.7. The number of methoxy groups -OCH3 is 1. The van der Waals surface area contributed by atoms with Crippen molar-refractivity contribution in [3.05, 3.63) is 66.6 Å². The van der Waals surface area contributed by atoms with E-state index in [2.05, 4.69) is 15.0 Å². The normalized spacial score (nSPS) is 11.2. The quantitative estimate of drug-likeness (QED) is 0.484. The van der Waals surface area contributed by atoms with E-state index in [-0.39, 0.29) is 0 Å². The number of benzene rings is 2. The Balaban J connectivity index is 1.70. The van der Waals surface area contributed by atoms with Crippen LogP contribution in [0.5, 0.6) is 5.75 Å². The van der Waals surface area contributed by atoms with Gasteiger partial charge in [-0.15, -0.1) is 0 Å². The van der Waals surface area contributed by atoms with E-state index in [1.807, 2.05) is 30.3 Å². The Hall–Kier alpha value is -4.13. The van der Waals surface area contributed by atoms with Gasteiger partial charge in [0.2, 0.25) is 5.91 Å². The fraction of sp³-hybridized carbons (Fsp3) is 0.0455. The minimum Gasteiger partial charge on any atom is -0.496 e. The summed E-state index contributed by atoms with van der Waals surface area (Å²) in [4.78, 5) is 23.5. The van der Waals surface area contributed by atoms with E-state index in [1.54, 1.807) is 37.8 Å². The van der Waals surface area contributed by atoms with Gasteiger partial charge in [-0.1, -0.05) is 6.07 Å². The summed E-state index contributed by atoms with van der Waals surface area (Å²) in [5, 5.41) is 0. The molecule has 3 N–H and O–H groups in total. The summed E-state index contributed by atoms with van der Waals surface area (Å²) >= 11 is 0. The molecule has 2 aromatic carbocycles. The van der Waals surface area contributed by atoms with Crippen molar-refractivity contribution in [3.63, 3.8) is 0 Å². The highest BCUT2D eigenvalue weighted by molar-refractivity contribution is 5.97. The fourth-order valence-electron chi connectivity index (χ4n) is 3.45. The Labute approximate surface area is 165 Å². The third-order valence-electron chi connectivity index (χ3n) is 4.89. The molecule has 3 heterocycles. The second-order valence-corrected chi connectivity index (χ2v) is 6.60. The number of furan rings is 1. The minimum absolute atomic E-state index is 0.374. The zero-order valence-electron chi connectivity index (χ0n) is 15.5. The first kappa shape index (κ1) is 17.0. The van der Waals surface area contributed by atoms with Crippen molar-refractivity contribution in [2.45, 2.75) is 0 Å². The number of hydrogen-bond acceptors (Lipinski definition) is 5. The van der Waals surface area contributed by atoms with Crippen LogP contribution in [0.4, 0.5) is 0 Å². The molecule has 0 unspecified atom stereocenters. The van der Waals surface area contributed by atoms with E-state index in [9.17, 15) is 4.79 Å². The van der Waals surface area contributed by atoms with Crippen molar-refractivity contribution >= 4 is 28.0 Å². The molecule has 0 radical (unpaired) electrons. The lowest BCUT2D eigenvalue weighted by atomic mass is 10.1. The fourth-order valence-corrected chi connectivity index (χ4v) is 3.45. The van der Waals surface area contributed by atoms with Gasteiger partial charge in [0.25, 0.3) is 0 Å². The number of rotatable bonds is 4. The maximum atomic E-state index is 11.6. The summed E-state index contributed by atoms with van der Waals surface area (Å²) in [6.07, 6.45) is 3.41. The molecule has 0 aliphatic heterocycles. The summed E-state index contributed by atoms with van der Waals surface area (Å²) in [5.74, 6) is 0.602. The molecule has 29 heavy (non-hydrogen) atoms. The molecule has 3 aromatic heterocycles. The second kappa shape index (κ2) is 6.49. The van der Waals surface area contributed by atoms with E-state index in [4.69, 9.17) is 14.9 Å². The van der Waals surface area contributed by atoms with Crippen molar-refractivity contribution < 1.29 is 13.9 Å². The monoisotopic (exact) mass is 384 g/mol. The molecule has 5 aromatic rings. The molecular weight excluding hydrogens is 368 g/mol. The highest BCUT2D eigenvalue weighted by Gasteiger charge is 2.17. The lowest BCUT2D eigenvalue weighted by Gasteiger charge is -2.07. The predicted molar refractivity (Wildman–Crippen MR) is 110 cm³/mol. The van der Waals surface area contributed by atoms with Crippen molar-refractivity contribution in [1.82, 2.24) is 15.0 Å². The van der Waals surface area contributed by atoms with Gasteiger partial charge in [-0.05, 0) is 42.0 Å². The van der Waals surface area contributed by atoms with Crippen LogP contribution in [0.15, 0.2) is 65.5 Å². The van der Waals surface area contributed by atoms with Crippen LogP contribution in [0, 0.1) is 0 Å². The van der Waals surface area contributed by atoms with Crippen LogP contribution in [0.1, 0.15) is 10.4 Å². The molecule has 0 bridgehead atoms. The first-order valence-electron chi connectivity index (χ1n) is 8.94. The number of nitrogens with one attached hydrogen (secondary N) is 1. The molecule has 5 rings (SSSR count). The van der Waals surface area contributed by atoms with Gasteiger partial charge in [-0.25, -0.2) is 4.98 Å². The van der Waals surface area contributed by atoms with Gasteiger partial charge in [0, 0.05) is 23.4 Å². The number of nitrogens with two attached hydrogens (primary N) is 1. The zero-order chi connectivity index (χ0) is 20.0. The van der Waals surface area contributed by atoms with Crippen LogP contribution in [0.3, 0.4) is 0 Å². The van der Waals surface area contributed by atoms with Crippen molar-refractivity contribution in [2.24, 2.45) is 5.73 Å². The minimum atomic E-state index is -0.517. The second-order valence-electron chi connectivity index (χ2n) is 6.60. The Morgan fingerprint density at radius 3 is 2.76 bits per heavy atom. The average molecular weight is 384 g/mol. The van der Waals surface area contributed by atoms with Crippen LogP contribution in [-0.4, -0.2) is 28.0 Å². The van der Waals surface area contributed by atoms with Gasteiger partial charge in [-0.3, -0.25) is 9.78 Å². The standard InChI is InChI=1S/C22H16N4O3/c1-28-19-5-3-13(22(23)27)8-15(19)20-10-18-21(29-20)14(6-7-24-18)12-2-4-16-17(9-12)26-11-25-16/h2-11H,1H3,(H2,23,27)(H,25,26). The number of primary amides is 1. The van der Waals surface area contributed by atoms with Gasteiger partial charge in [-0.2, -0.15) is 0 Å². The van der Waals surface area contributed by atoms with Gasteiger partial charge in [0.05, 0.1) is 30.0 Å². The third kappa shape index (κ3) is 2.80. The number of fused-ring (bicyclic) bond motifs is 2. The number of pyridine rings is 1. The zero-order valence-corrected chi connectivity index (χ0v) is 15.5. The predicted octanol–water partition coefficient (Wildman–Crippen LogP) is 4.15. The number of hydrogen-bond donors (Lipinski definition) is 2. The molecule has 0 atom stereocenters. The first-order chi connectivity index (χ1) is 14.1. The Morgan fingerprint density at radius 1 is 1.03 bits per heavy atom. The van der Waals surface area contributed by atoms with Crippen LogP contribution in [-0.2, 0) is 0 Å². The molecular formula is C22H16N4O3. The number of H-pyrrole nitrogens is 1. The summed E-state index contributed by atoms with van der Waals surface area (Å²) in [6.45, 7) is 0. The number of nitrogens with zero attached hydrogens (tertiary/aromatic N) is 2. The van der Waals surface area contributed by atoms with E-state index in [0.29, 0.717) is 33.7 Å². The molecule has 0 saturated carbocycles. The third-order valence-corrected chi connectivity index (χ3v) is 4.89. The van der Waals surface area contributed by atoms with Gasteiger partial charge in [0.15, 0.2) is 5.58 Å². The lowest BCUT2D eigenvalue weighted by molar-refractivity contribution is 0.100. The largest absolute Gasteiger partial charge is 0.496 e. The Bertz CT molecular complexity index is 1380. The van der Waals surface area contributed by atoms with Crippen molar-refractivity contribution in [3.8, 4) is 28.2 Å². The smallest absolute Gasteiger partial charge is 0.248 e. The number of aromatic amines is 1. The number of carbonyl (C=O) groups excluding carboxylic acids is 1. The van der Waals surface area contributed by atoms with Crippen LogP contribution < -0.4 is 10.5 Å². The molecule has 7 nitrogen and oxygen atoms in total. The van der Waals surface area contributed by atoms with Crippen molar-refractivity contribution in [1.29, 1.82) is 0 Å². The van der Waals surface area contributed by atoms with Crippen molar-refractivity contribution in [2.75, 3.05) is 7.11 Å². The van der Waals surface area contributed by atoms with Crippen LogP contribution in [0.2, 0.25) is 0 Å². The molecule has 142 valence electrons.